The van der Waals surface area contributed by atoms with Gasteiger partial charge in [-0.1, -0.05) is 6.07 Å². The van der Waals surface area contributed by atoms with Gasteiger partial charge in [-0.05, 0) is 48.2 Å². The fraction of sp³-hybridized carbons (Fsp3) is 0.167. The van der Waals surface area contributed by atoms with Gasteiger partial charge in [0.05, 0.1) is 6.61 Å². The summed E-state index contributed by atoms with van der Waals surface area (Å²) in [6, 6.07) is 12.4. The van der Waals surface area contributed by atoms with E-state index < -0.39 is 0 Å². The van der Waals surface area contributed by atoms with Crippen LogP contribution in [0.2, 0.25) is 0 Å². The van der Waals surface area contributed by atoms with E-state index in [1.54, 1.807) is 11.3 Å². The molecule has 1 heterocycles. The van der Waals surface area contributed by atoms with E-state index in [4.69, 9.17) is 4.74 Å². The molecule has 14 heavy (non-hydrogen) atoms. The molecule has 0 fully saturated rings. The molecule has 0 saturated carbocycles. The zero-order valence-corrected chi connectivity index (χ0v) is 8.88. The van der Waals surface area contributed by atoms with Crippen molar-refractivity contribution in [2.24, 2.45) is 0 Å². The number of rotatable bonds is 3. The summed E-state index contributed by atoms with van der Waals surface area (Å²) in [4.78, 5) is 1.30. The van der Waals surface area contributed by atoms with Crippen molar-refractivity contribution in [2.75, 3.05) is 6.61 Å². The van der Waals surface area contributed by atoms with Crippen LogP contribution in [0.15, 0.2) is 41.8 Å². The highest BCUT2D eigenvalue weighted by Crippen LogP contribution is 2.26. The summed E-state index contributed by atoms with van der Waals surface area (Å²) in [5, 5.41) is 2.09. The summed E-state index contributed by atoms with van der Waals surface area (Å²) in [7, 11) is 0. The Morgan fingerprint density at radius 2 is 1.93 bits per heavy atom. The van der Waals surface area contributed by atoms with Crippen LogP contribution < -0.4 is 4.74 Å². The molecule has 0 unspecified atom stereocenters. The zero-order valence-electron chi connectivity index (χ0n) is 8.07. The van der Waals surface area contributed by atoms with Gasteiger partial charge in [0.15, 0.2) is 0 Å². The zero-order chi connectivity index (χ0) is 9.80. The van der Waals surface area contributed by atoms with E-state index in [0.717, 1.165) is 12.4 Å². The Morgan fingerprint density at radius 1 is 1.14 bits per heavy atom. The van der Waals surface area contributed by atoms with Gasteiger partial charge in [0.1, 0.15) is 5.75 Å². The predicted octanol–water partition coefficient (Wildman–Crippen LogP) is 3.81. The molecule has 0 saturated heterocycles. The predicted molar refractivity (Wildman–Crippen MR) is 60.9 cm³/mol. The molecule has 0 bridgehead atoms. The average molecular weight is 204 g/mol. The summed E-state index contributed by atoms with van der Waals surface area (Å²) in [5.74, 6) is 0.938. The van der Waals surface area contributed by atoms with E-state index in [2.05, 4.69) is 29.6 Å². The molecule has 2 rings (SSSR count). The summed E-state index contributed by atoms with van der Waals surface area (Å²) < 4.78 is 5.38. The maximum Gasteiger partial charge on any atom is 0.119 e. The van der Waals surface area contributed by atoms with Crippen molar-refractivity contribution in [3.63, 3.8) is 0 Å². The smallest absolute Gasteiger partial charge is 0.119 e. The van der Waals surface area contributed by atoms with Gasteiger partial charge in [-0.3, -0.25) is 0 Å². The van der Waals surface area contributed by atoms with E-state index in [0.29, 0.717) is 0 Å². The third-order valence-electron chi connectivity index (χ3n) is 1.97. The molecule has 1 aromatic carbocycles. The summed E-state index contributed by atoms with van der Waals surface area (Å²) >= 11 is 1.75. The lowest BCUT2D eigenvalue weighted by atomic mass is 10.2. The minimum atomic E-state index is 0.721. The van der Waals surface area contributed by atoms with E-state index in [9.17, 15) is 0 Å². The normalized spacial score (nSPS) is 10.1. The van der Waals surface area contributed by atoms with E-state index in [1.165, 1.54) is 10.4 Å². The second-order valence-corrected chi connectivity index (χ2v) is 3.88. The molecule has 0 N–H and O–H groups in total. The SMILES string of the molecule is CCOc1ccc(-c2cccs2)cc1. The Labute approximate surface area is 88.0 Å². The van der Waals surface area contributed by atoms with Crippen LogP contribution in [0.1, 0.15) is 6.92 Å². The van der Waals surface area contributed by atoms with Crippen LogP contribution in [0.5, 0.6) is 5.75 Å². The van der Waals surface area contributed by atoms with Crippen molar-refractivity contribution in [1.82, 2.24) is 0 Å². The first kappa shape index (κ1) is 9.28. The maximum atomic E-state index is 5.38. The molecule has 2 aromatic rings. The molecule has 1 nitrogen and oxygen atoms in total. The first-order valence-electron chi connectivity index (χ1n) is 4.67. The Hall–Kier alpha value is -1.28. The lowest BCUT2D eigenvalue weighted by molar-refractivity contribution is 0.340. The number of hydrogen-bond donors (Lipinski definition) is 0. The Kier molecular flexibility index (Phi) is 2.84. The Balaban J connectivity index is 2.22. The van der Waals surface area contributed by atoms with Gasteiger partial charge in [-0.2, -0.15) is 0 Å². The monoisotopic (exact) mass is 204 g/mol. The quantitative estimate of drug-likeness (QED) is 0.738. The second-order valence-electron chi connectivity index (χ2n) is 2.93. The van der Waals surface area contributed by atoms with Crippen LogP contribution in [0.25, 0.3) is 10.4 Å². The van der Waals surface area contributed by atoms with Gasteiger partial charge in [-0.15, -0.1) is 11.3 Å². The topological polar surface area (TPSA) is 9.23 Å². The lowest BCUT2D eigenvalue weighted by Crippen LogP contribution is -1.90. The molecule has 72 valence electrons. The number of thiophene rings is 1. The van der Waals surface area contributed by atoms with Crippen LogP contribution >= 0.6 is 11.3 Å². The summed E-state index contributed by atoms with van der Waals surface area (Å²) in [6.45, 7) is 2.71. The Bertz CT molecular complexity index is 375. The van der Waals surface area contributed by atoms with Crippen LogP contribution in [0.4, 0.5) is 0 Å². The third kappa shape index (κ3) is 1.96. The van der Waals surface area contributed by atoms with Crippen LogP contribution in [-0.4, -0.2) is 6.61 Å². The first-order valence-corrected chi connectivity index (χ1v) is 5.55. The number of hydrogen-bond acceptors (Lipinski definition) is 2. The van der Waals surface area contributed by atoms with Crippen molar-refractivity contribution in [3.05, 3.63) is 41.8 Å². The molecular formula is C12H12OS. The first-order chi connectivity index (χ1) is 6.90. The molecule has 2 heteroatoms. The van der Waals surface area contributed by atoms with Crippen molar-refractivity contribution in [3.8, 4) is 16.2 Å². The van der Waals surface area contributed by atoms with Gasteiger partial charge in [0, 0.05) is 4.88 Å². The Morgan fingerprint density at radius 3 is 2.50 bits per heavy atom. The summed E-state index contributed by atoms with van der Waals surface area (Å²) in [5.41, 5.74) is 1.25. The molecular weight excluding hydrogens is 192 g/mol. The van der Waals surface area contributed by atoms with E-state index in [1.807, 2.05) is 19.1 Å². The number of ether oxygens (including phenoxy) is 1. The average Bonchev–Trinajstić information content (AvgIpc) is 2.72. The fourth-order valence-electron chi connectivity index (χ4n) is 1.32. The fourth-order valence-corrected chi connectivity index (χ4v) is 2.06. The molecule has 0 aliphatic rings. The van der Waals surface area contributed by atoms with Gasteiger partial charge in [0.25, 0.3) is 0 Å². The van der Waals surface area contributed by atoms with E-state index in [-0.39, 0.29) is 0 Å². The van der Waals surface area contributed by atoms with Gasteiger partial charge in [-0.25, -0.2) is 0 Å². The van der Waals surface area contributed by atoms with Gasteiger partial charge < -0.3 is 4.74 Å². The second kappa shape index (κ2) is 4.29. The molecule has 0 spiro atoms. The minimum Gasteiger partial charge on any atom is -0.494 e. The van der Waals surface area contributed by atoms with Crippen LogP contribution in [-0.2, 0) is 0 Å². The standard InChI is InChI=1S/C12H12OS/c1-2-13-11-7-5-10(6-8-11)12-4-3-9-14-12/h3-9H,2H2,1H3. The summed E-state index contributed by atoms with van der Waals surface area (Å²) in [6.07, 6.45) is 0. The largest absolute Gasteiger partial charge is 0.494 e. The minimum absolute atomic E-state index is 0.721. The van der Waals surface area contributed by atoms with Crippen molar-refractivity contribution < 1.29 is 4.74 Å². The molecule has 0 atom stereocenters. The lowest BCUT2D eigenvalue weighted by Gasteiger charge is -2.03. The van der Waals surface area contributed by atoms with Crippen LogP contribution in [0.3, 0.4) is 0 Å². The highest BCUT2D eigenvalue weighted by Gasteiger charge is 1.98. The molecule has 0 aliphatic carbocycles. The molecule has 0 amide bonds. The van der Waals surface area contributed by atoms with Crippen LogP contribution in [0, 0.1) is 0 Å². The molecule has 1 aromatic heterocycles. The van der Waals surface area contributed by atoms with Gasteiger partial charge >= 0.3 is 0 Å². The van der Waals surface area contributed by atoms with Crippen molar-refractivity contribution >= 4 is 11.3 Å². The van der Waals surface area contributed by atoms with Crippen molar-refractivity contribution in [1.29, 1.82) is 0 Å². The highest BCUT2D eigenvalue weighted by molar-refractivity contribution is 7.13. The molecule has 0 aliphatic heterocycles. The van der Waals surface area contributed by atoms with E-state index >= 15 is 0 Å². The number of benzene rings is 1. The van der Waals surface area contributed by atoms with Gasteiger partial charge in [0.2, 0.25) is 0 Å². The third-order valence-corrected chi connectivity index (χ3v) is 2.89. The van der Waals surface area contributed by atoms with Crippen molar-refractivity contribution in [2.45, 2.75) is 6.92 Å². The highest BCUT2D eigenvalue weighted by atomic mass is 32.1. The molecule has 0 radical (unpaired) electrons. The maximum absolute atomic E-state index is 5.38.